The molecule has 0 radical (unpaired) electrons. The van der Waals surface area contributed by atoms with E-state index < -0.39 is 11.9 Å². The zero-order valence-electron chi connectivity index (χ0n) is 19.7. The average molecular weight is 475 g/mol. The fourth-order valence-electron chi connectivity index (χ4n) is 3.21. The molecule has 184 valence electrons. The van der Waals surface area contributed by atoms with Crippen LogP contribution in [0, 0.1) is 0 Å². The van der Waals surface area contributed by atoms with Crippen LogP contribution in [-0.2, 0) is 11.0 Å². The van der Waals surface area contributed by atoms with E-state index in [9.17, 15) is 18.0 Å². The molecule has 2 rings (SSSR count). The number of fused-ring (bicyclic) bond motifs is 1. The van der Waals surface area contributed by atoms with E-state index in [1.54, 1.807) is 24.3 Å². The van der Waals surface area contributed by atoms with Gasteiger partial charge in [-0.25, -0.2) is 4.98 Å². The molecule has 0 unspecified atom stereocenters. The lowest BCUT2D eigenvalue weighted by Gasteiger charge is -2.09. The Morgan fingerprint density at radius 2 is 1.85 bits per heavy atom. The van der Waals surface area contributed by atoms with Gasteiger partial charge >= 0.3 is 6.18 Å². The van der Waals surface area contributed by atoms with Gasteiger partial charge in [0.15, 0.2) is 0 Å². The van der Waals surface area contributed by atoms with Crippen LogP contribution >= 0.6 is 0 Å². The van der Waals surface area contributed by atoms with Crippen LogP contribution in [0.1, 0.15) is 57.6 Å². The highest BCUT2D eigenvalue weighted by Gasteiger charge is 2.32. The minimum absolute atomic E-state index is 0.0935. The summed E-state index contributed by atoms with van der Waals surface area (Å²) in [4.78, 5) is 15.2. The van der Waals surface area contributed by atoms with E-state index >= 15 is 0 Å². The van der Waals surface area contributed by atoms with E-state index in [4.69, 9.17) is 4.74 Å². The zero-order chi connectivity index (χ0) is 24.8. The first-order valence-electron chi connectivity index (χ1n) is 11.6. The van der Waals surface area contributed by atoms with Gasteiger partial charge in [-0.15, -0.1) is 6.58 Å². The number of alkyl halides is 3. The summed E-state index contributed by atoms with van der Waals surface area (Å²) in [6.07, 6.45) is 9.86. The lowest BCUT2D eigenvalue weighted by Crippen LogP contribution is -2.22. The molecule has 0 aliphatic rings. The summed E-state index contributed by atoms with van der Waals surface area (Å²) in [7, 11) is 0. The van der Waals surface area contributed by atoms with Crippen molar-refractivity contribution in [2.24, 2.45) is 0 Å². The van der Waals surface area contributed by atoms with Crippen molar-refractivity contribution in [2.45, 2.75) is 58.0 Å². The molecule has 0 spiro atoms. The number of pyridine rings is 1. The van der Waals surface area contributed by atoms with Gasteiger partial charge in [0.2, 0.25) is 5.91 Å². The molecule has 1 N–H and O–H groups in total. The second-order valence-electron chi connectivity index (χ2n) is 8.24. The quantitative estimate of drug-likeness (QED) is 0.137. The van der Waals surface area contributed by atoms with Crippen LogP contribution in [0.3, 0.4) is 0 Å². The minimum atomic E-state index is -4.45. The van der Waals surface area contributed by atoms with Crippen LogP contribution in [0.2, 0.25) is 0 Å². The van der Waals surface area contributed by atoms with Gasteiger partial charge in [0, 0.05) is 18.0 Å². The van der Waals surface area contributed by atoms with Crippen molar-refractivity contribution >= 4 is 16.8 Å². The topological polar surface area (TPSA) is 51.2 Å². The Morgan fingerprint density at radius 3 is 2.62 bits per heavy atom. The predicted octanol–water partition coefficient (Wildman–Crippen LogP) is 7.17. The van der Waals surface area contributed by atoms with Crippen molar-refractivity contribution in [3.63, 3.8) is 0 Å². The maximum Gasteiger partial charge on any atom is 0.433 e. The van der Waals surface area contributed by atoms with E-state index in [0.717, 1.165) is 56.6 Å². The molecule has 0 saturated heterocycles. The van der Waals surface area contributed by atoms with E-state index in [2.05, 4.69) is 23.0 Å². The third-order valence-corrected chi connectivity index (χ3v) is 5.08. The molecule has 0 atom stereocenters. The second-order valence-corrected chi connectivity index (χ2v) is 8.24. The number of halogens is 3. The first kappa shape index (κ1) is 27.2. The Kier molecular flexibility index (Phi) is 11.4. The molecule has 2 aromatic rings. The predicted molar refractivity (Wildman–Crippen MR) is 131 cm³/mol. The summed E-state index contributed by atoms with van der Waals surface area (Å²) in [6, 6.07) is 7.33. The maximum atomic E-state index is 12.8. The van der Waals surface area contributed by atoms with Crippen molar-refractivity contribution in [3.05, 3.63) is 72.5 Å². The minimum Gasteiger partial charge on any atom is -0.494 e. The number of unbranched alkanes of at least 4 members (excludes halogenated alkanes) is 5. The van der Waals surface area contributed by atoms with E-state index in [-0.39, 0.29) is 5.91 Å². The standard InChI is InChI=1S/C27H33F3N2O2/c1-21(2)17-18-31-26(33)12-10-8-6-4-3-5-7-9-11-19-34-23-14-15-24-22(20-23)13-16-25(32-24)27(28,29)30/h6,8,10,12-16,20H,1,3-5,7,9,11,17-19H2,2H3,(H,31,33)/b8-6+,12-10+. The van der Waals surface area contributed by atoms with Gasteiger partial charge in [-0.3, -0.25) is 4.79 Å². The monoisotopic (exact) mass is 474 g/mol. The van der Waals surface area contributed by atoms with Gasteiger partial charge in [-0.2, -0.15) is 13.2 Å². The van der Waals surface area contributed by atoms with Crippen LogP contribution in [0.25, 0.3) is 10.9 Å². The van der Waals surface area contributed by atoms with Gasteiger partial charge in [-0.1, -0.05) is 49.1 Å². The molecule has 34 heavy (non-hydrogen) atoms. The molecule has 1 heterocycles. The third kappa shape index (κ3) is 10.7. The smallest absolute Gasteiger partial charge is 0.433 e. The van der Waals surface area contributed by atoms with Gasteiger partial charge in [-0.05, 0) is 56.9 Å². The number of benzene rings is 1. The Bertz CT molecular complexity index is 997. The summed E-state index contributed by atoms with van der Waals surface area (Å²) in [5, 5.41) is 3.43. The number of ether oxygens (including phenoxy) is 1. The fraction of sp³-hybridized carbons (Fsp3) is 0.407. The maximum absolute atomic E-state index is 12.8. The van der Waals surface area contributed by atoms with Gasteiger partial charge in [0.25, 0.3) is 0 Å². The van der Waals surface area contributed by atoms with Gasteiger partial charge in [0.05, 0.1) is 12.1 Å². The number of aromatic nitrogens is 1. The van der Waals surface area contributed by atoms with Crippen LogP contribution in [0.5, 0.6) is 5.75 Å². The first-order chi connectivity index (χ1) is 16.3. The molecule has 0 fully saturated rings. The lowest BCUT2D eigenvalue weighted by atomic mass is 10.1. The van der Waals surface area contributed by atoms with E-state index in [1.165, 1.54) is 12.1 Å². The molecule has 0 saturated carbocycles. The molecule has 4 nitrogen and oxygen atoms in total. The summed E-state index contributed by atoms with van der Waals surface area (Å²) >= 11 is 0. The summed E-state index contributed by atoms with van der Waals surface area (Å²) in [5.41, 5.74) is 0.458. The number of hydrogen-bond acceptors (Lipinski definition) is 3. The van der Waals surface area contributed by atoms with Crippen molar-refractivity contribution < 1.29 is 22.7 Å². The molecule has 1 amide bonds. The molecular weight excluding hydrogens is 441 g/mol. The van der Waals surface area contributed by atoms with Crippen LogP contribution < -0.4 is 10.1 Å². The number of rotatable bonds is 14. The third-order valence-electron chi connectivity index (χ3n) is 5.08. The Labute approximate surface area is 199 Å². The zero-order valence-corrected chi connectivity index (χ0v) is 19.7. The van der Waals surface area contributed by atoms with E-state index in [1.807, 2.05) is 13.0 Å². The SMILES string of the molecule is C=C(C)CCNC(=O)/C=C/C=C/CCCCCCCOc1ccc2nc(C(F)(F)F)ccc2c1. The average Bonchev–Trinajstić information content (AvgIpc) is 2.78. The summed E-state index contributed by atoms with van der Waals surface area (Å²) in [5.74, 6) is 0.542. The number of amides is 1. The van der Waals surface area contributed by atoms with Crippen molar-refractivity contribution in [3.8, 4) is 5.75 Å². The highest BCUT2D eigenvalue weighted by atomic mass is 19.4. The number of hydrogen-bond donors (Lipinski definition) is 1. The number of carbonyl (C=O) groups is 1. The molecule has 1 aromatic heterocycles. The number of nitrogens with zero attached hydrogens (tertiary/aromatic N) is 1. The van der Waals surface area contributed by atoms with E-state index in [0.29, 0.717) is 29.8 Å². The van der Waals surface area contributed by atoms with Crippen molar-refractivity contribution in [1.82, 2.24) is 10.3 Å². The molecular formula is C27H33F3N2O2. The number of allylic oxidation sites excluding steroid dienone is 3. The van der Waals surface area contributed by atoms with Gasteiger partial charge in [0.1, 0.15) is 11.4 Å². The Balaban J connectivity index is 1.53. The molecule has 1 aromatic carbocycles. The molecule has 0 aliphatic carbocycles. The normalized spacial score (nSPS) is 12.0. The Morgan fingerprint density at radius 1 is 1.09 bits per heavy atom. The molecule has 0 bridgehead atoms. The largest absolute Gasteiger partial charge is 0.494 e. The summed E-state index contributed by atoms with van der Waals surface area (Å²) in [6.45, 7) is 6.91. The van der Waals surface area contributed by atoms with Gasteiger partial charge < -0.3 is 10.1 Å². The Hall–Kier alpha value is -3.09. The van der Waals surface area contributed by atoms with Crippen molar-refractivity contribution in [1.29, 1.82) is 0 Å². The molecule has 0 aliphatic heterocycles. The first-order valence-corrected chi connectivity index (χ1v) is 11.6. The number of carbonyl (C=O) groups excluding carboxylic acids is 1. The van der Waals surface area contributed by atoms with Crippen LogP contribution in [-0.4, -0.2) is 24.0 Å². The molecule has 7 heteroatoms. The number of nitrogens with one attached hydrogen (secondary N) is 1. The van der Waals surface area contributed by atoms with Crippen molar-refractivity contribution in [2.75, 3.05) is 13.2 Å². The second kappa shape index (κ2) is 14.2. The fourth-order valence-corrected chi connectivity index (χ4v) is 3.21. The lowest BCUT2D eigenvalue weighted by molar-refractivity contribution is -0.141. The highest BCUT2D eigenvalue weighted by Crippen LogP contribution is 2.30. The van der Waals surface area contributed by atoms with Crippen LogP contribution in [0.4, 0.5) is 13.2 Å². The van der Waals surface area contributed by atoms with Crippen LogP contribution in [0.15, 0.2) is 66.8 Å². The summed E-state index contributed by atoms with van der Waals surface area (Å²) < 4.78 is 44.0. The highest BCUT2D eigenvalue weighted by molar-refractivity contribution is 5.87.